The van der Waals surface area contributed by atoms with E-state index in [2.05, 4.69) is 0 Å². The van der Waals surface area contributed by atoms with Gasteiger partial charge in [-0.05, 0) is 6.42 Å². The molecule has 2 N–H and O–H groups in total. The molecule has 0 bridgehead atoms. The third kappa shape index (κ3) is 10.1. The van der Waals surface area contributed by atoms with E-state index >= 15 is 0 Å². The molecular formula is C8H17NO8S3. The number of nitrogens with one attached hydrogen (secondary N) is 1. The van der Waals surface area contributed by atoms with Crippen LogP contribution in [0.5, 0.6) is 0 Å². The molecule has 120 valence electrons. The van der Waals surface area contributed by atoms with Crippen molar-refractivity contribution in [3.05, 3.63) is 0 Å². The van der Waals surface area contributed by atoms with Crippen LogP contribution in [-0.2, 0) is 34.5 Å². The molecule has 0 heterocycles. The van der Waals surface area contributed by atoms with Gasteiger partial charge in [-0.15, -0.1) is 0 Å². The van der Waals surface area contributed by atoms with Crippen LogP contribution in [0, 0.1) is 0 Å². The molecule has 0 rings (SSSR count). The summed E-state index contributed by atoms with van der Waals surface area (Å²) < 4.78 is 68.4. The molecule has 0 saturated carbocycles. The molecule has 0 aliphatic heterocycles. The van der Waals surface area contributed by atoms with Crippen molar-refractivity contribution in [2.75, 3.05) is 29.8 Å². The maximum Gasteiger partial charge on any atom is 0.321 e. The van der Waals surface area contributed by atoms with Gasteiger partial charge in [0.1, 0.15) is 25.7 Å². The summed E-state index contributed by atoms with van der Waals surface area (Å²) in [6, 6.07) is -1.62. The highest BCUT2D eigenvalue weighted by molar-refractivity contribution is 7.93. The van der Waals surface area contributed by atoms with Gasteiger partial charge in [-0.3, -0.25) is 4.79 Å². The number of carboxylic acids is 1. The van der Waals surface area contributed by atoms with E-state index in [0.717, 1.165) is 12.5 Å². The van der Waals surface area contributed by atoms with Gasteiger partial charge in [-0.1, -0.05) is 0 Å². The molecular weight excluding hydrogens is 334 g/mol. The Kier molecular flexibility index (Phi) is 6.58. The van der Waals surface area contributed by atoms with Crippen molar-refractivity contribution in [3.8, 4) is 0 Å². The van der Waals surface area contributed by atoms with Crippen LogP contribution in [0.3, 0.4) is 0 Å². The fraction of sp³-hybridized carbons (Fsp3) is 0.875. The van der Waals surface area contributed by atoms with Crippen LogP contribution >= 0.6 is 0 Å². The Labute approximate surface area is 118 Å². The lowest BCUT2D eigenvalue weighted by Gasteiger charge is -2.14. The van der Waals surface area contributed by atoms with E-state index in [1.807, 2.05) is 0 Å². The molecule has 0 aliphatic rings. The first-order valence-electron chi connectivity index (χ1n) is 5.30. The van der Waals surface area contributed by atoms with Gasteiger partial charge in [0.25, 0.3) is 0 Å². The Balaban J connectivity index is 4.78. The summed E-state index contributed by atoms with van der Waals surface area (Å²) in [6.07, 6.45) is 1.30. The summed E-state index contributed by atoms with van der Waals surface area (Å²) in [6.45, 7) is 0. The number of carbonyl (C=O) groups is 1. The number of carboxylic acid groups (broad SMARTS) is 1. The lowest BCUT2D eigenvalue weighted by atomic mass is 10.2. The fourth-order valence-electron chi connectivity index (χ4n) is 1.10. The third-order valence-corrected chi connectivity index (χ3v) is 5.69. The largest absolute Gasteiger partial charge is 0.480 e. The second-order valence-electron chi connectivity index (χ2n) is 4.38. The SMILES string of the molecule is CS(=O)(=O)CCC(NS(=O)(=O)CCS(C)(=O)=O)C(=O)O. The first-order valence-corrected chi connectivity index (χ1v) is 11.1. The van der Waals surface area contributed by atoms with Gasteiger partial charge in [0.05, 0.1) is 17.3 Å². The topological polar surface area (TPSA) is 152 Å². The molecule has 12 heteroatoms. The van der Waals surface area contributed by atoms with Crippen LogP contribution in [0.1, 0.15) is 6.42 Å². The van der Waals surface area contributed by atoms with Crippen LogP contribution in [-0.4, -0.2) is 72.1 Å². The van der Waals surface area contributed by atoms with Gasteiger partial charge >= 0.3 is 5.97 Å². The first kappa shape index (κ1) is 19.3. The van der Waals surface area contributed by atoms with Gasteiger partial charge in [-0.25, -0.2) is 30.0 Å². The number of hydrogen-bond acceptors (Lipinski definition) is 7. The quantitative estimate of drug-likeness (QED) is 0.476. The first-order chi connectivity index (χ1) is 8.72. The van der Waals surface area contributed by atoms with Crippen LogP contribution in [0.2, 0.25) is 0 Å². The molecule has 1 atom stereocenters. The van der Waals surface area contributed by atoms with Crippen LogP contribution in [0.4, 0.5) is 0 Å². The second kappa shape index (κ2) is 6.83. The summed E-state index contributed by atoms with van der Waals surface area (Å²) in [5.41, 5.74) is 0. The van der Waals surface area contributed by atoms with E-state index in [1.165, 1.54) is 0 Å². The standard InChI is InChI=1S/C8H17NO8S3/c1-18(12,13)4-3-7(8(10)11)9-20(16,17)6-5-19(2,14)15/h7,9H,3-6H2,1-2H3,(H,10,11). The van der Waals surface area contributed by atoms with Crippen molar-refractivity contribution in [1.82, 2.24) is 4.72 Å². The van der Waals surface area contributed by atoms with Gasteiger partial charge < -0.3 is 5.11 Å². The lowest BCUT2D eigenvalue weighted by molar-refractivity contribution is -0.139. The molecule has 0 aromatic heterocycles. The van der Waals surface area contributed by atoms with Gasteiger partial charge in [0.2, 0.25) is 10.0 Å². The summed E-state index contributed by atoms with van der Waals surface area (Å²) in [5, 5.41) is 8.82. The van der Waals surface area contributed by atoms with Crippen LogP contribution < -0.4 is 4.72 Å². The predicted molar refractivity (Wildman–Crippen MR) is 72.4 cm³/mol. The highest BCUT2D eigenvalue weighted by atomic mass is 32.2. The second-order valence-corrected chi connectivity index (χ2v) is 10.8. The Bertz CT molecular complexity index is 646. The zero-order valence-corrected chi connectivity index (χ0v) is 13.4. The van der Waals surface area contributed by atoms with Crippen molar-refractivity contribution in [2.45, 2.75) is 12.5 Å². The van der Waals surface area contributed by atoms with Crippen LogP contribution in [0.25, 0.3) is 0 Å². The molecule has 0 fully saturated rings. The van der Waals surface area contributed by atoms with E-state index in [4.69, 9.17) is 5.11 Å². The zero-order chi connectivity index (χ0) is 16.2. The summed E-state index contributed by atoms with van der Waals surface area (Å²) in [5.74, 6) is -3.47. The Morgan fingerprint density at radius 2 is 1.40 bits per heavy atom. The van der Waals surface area contributed by atoms with Gasteiger partial charge in [0, 0.05) is 12.5 Å². The number of rotatable bonds is 9. The lowest BCUT2D eigenvalue weighted by Crippen LogP contribution is -2.43. The third-order valence-electron chi connectivity index (χ3n) is 2.12. The number of hydrogen-bond donors (Lipinski definition) is 2. The maximum absolute atomic E-state index is 11.5. The summed E-state index contributed by atoms with van der Waals surface area (Å²) >= 11 is 0. The number of sulfonamides is 1. The minimum Gasteiger partial charge on any atom is -0.480 e. The summed E-state index contributed by atoms with van der Waals surface area (Å²) in [7, 11) is -11.1. The molecule has 9 nitrogen and oxygen atoms in total. The van der Waals surface area contributed by atoms with Crippen molar-refractivity contribution in [1.29, 1.82) is 0 Å². The molecule has 0 aliphatic carbocycles. The van der Waals surface area contributed by atoms with E-state index in [-0.39, 0.29) is 0 Å². The normalized spacial score (nSPS) is 14.9. The highest BCUT2D eigenvalue weighted by Crippen LogP contribution is 2.00. The smallest absolute Gasteiger partial charge is 0.321 e. The highest BCUT2D eigenvalue weighted by Gasteiger charge is 2.25. The van der Waals surface area contributed by atoms with Crippen molar-refractivity contribution in [3.63, 3.8) is 0 Å². The molecule has 0 aromatic carbocycles. The molecule has 0 aromatic rings. The molecule has 0 spiro atoms. The molecule has 0 amide bonds. The monoisotopic (exact) mass is 351 g/mol. The van der Waals surface area contributed by atoms with Crippen molar-refractivity contribution >= 4 is 35.7 Å². The predicted octanol–water partition coefficient (Wildman–Crippen LogP) is -2.16. The fourth-order valence-corrected chi connectivity index (χ4v) is 4.62. The van der Waals surface area contributed by atoms with Crippen LogP contribution in [0.15, 0.2) is 0 Å². The van der Waals surface area contributed by atoms with Gasteiger partial charge in [-0.2, -0.15) is 0 Å². The van der Waals surface area contributed by atoms with E-state index < -0.39 is 65.4 Å². The number of sulfone groups is 2. The molecule has 0 saturated heterocycles. The van der Waals surface area contributed by atoms with E-state index in [1.54, 1.807) is 4.72 Å². The van der Waals surface area contributed by atoms with E-state index in [9.17, 15) is 30.0 Å². The van der Waals surface area contributed by atoms with Crippen molar-refractivity contribution in [2.24, 2.45) is 0 Å². The Hall–Kier alpha value is -0.720. The van der Waals surface area contributed by atoms with Gasteiger partial charge in [0.15, 0.2) is 0 Å². The Morgan fingerprint density at radius 1 is 0.950 bits per heavy atom. The van der Waals surface area contributed by atoms with E-state index in [0.29, 0.717) is 0 Å². The average Bonchev–Trinajstić information content (AvgIpc) is 2.19. The molecule has 1 unspecified atom stereocenters. The summed E-state index contributed by atoms with van der Waals surface area (Å²) in [4.78, 5) is 10.9. The molecule has 0 radical (unpaired) electrons. The molecule has 20 heavy (non-hydrogen) atoms. The number of aliphatic carboxylic acids is 1. The Morgan fingerprint density at radius 3 is 1.75 bits per heavy atom. The average molecular weight is 351 g/mol. The minimum absolute atomic E-state index is 0.438. The minimum atomic E-state index is -4.13. The van der Waals surface area contributed by atoms with Crippen molar-refractivity contribution < 1.29 is 35.2 Å². The maximum atomic E-state index is 11.5. The zero-order valence-electron chi connectivity index (χ0n) is 10.9.